The molecule has 0 radical (unpaired) electrons. The van der Waals surface area contributed by atoms with Crippen LogP contribution in [0.1, 0.15) is 11.1 Å². The Balaban J connectivity index is 1.60. The number of ether oxygens (including phenoxy) is 1. The molecule has 3 rings (SSSR count). The van der Waals surface area contributed by atoms with Crippen molar-refractivity contribution in [3.63, 3.8) is 0 Å². The van der Waals surface area contributed by atoms with Gasteiger partial charge in [-0.15, -0.1) is 0 Å². The lowest BCUT2D eigenvalue weighted by Crippen LogP contribution is -1.96. The molecule has 0 aromatic heterocycles. The van der Waals surface area contributed by atoms with Crippen LogP contribution >= 0.6 is 34.8 Å². The number of hydrogen-bond donors (Lipinski definition) is 1. The minimum atomic E-state index is 0.401. The molecule has 0 aliphatic rings. The Hall–Kier alpha value is -2.20. The van der Waals surface area contributed by atoms with E-state index in [1.54, 1.807) is 24.4 Å². The van der Waals surface area contributed by atoms with E-state index < -0.39 is 0 Å². The summed E-state index contributed by atoms with van der Waals surface area (Å²) < 4.78 is 5.81. The van der Waals surface area contributed by atoms with Gasteiger partial charge in [0.15, 0.2) is 0 Å². The SMILES string of the molecule is Clc1cccc(NN=Cc2cccc(OCc3ccc(Cl)c(Cl)c3)c2)c1. The van der Waals surface area contributed by atoms with E-state index in [0.29, 0.717) is 21.7 Å². The molecule has 0 amide bonds. The monoisotopic (exact) mass is 404 g/mol. The van der Waals surface area contributed by atoms with Gasteiger partial charge in [-0.25, -0.2) is 0 Å². The van der Waals surface area contributed by atoms with Crippen LogP contribution in [0.4, 0.5) is 5.69 Å². The van der Waals surface area contributed by atoms with Crippen LogP contribution in [0.5, 0.6) is 5.75 Å². The Morgan fingerprint density at radius 3 is 2.54 bits per heavy atom. The van der Waals surface area contributed by atoms with Gasteiger partial charge in [-0.05, 0) is 53.6 Å². The first-order chi connectivity index (χ1) is 12.6. The summed E-state index contributed by atoms with van der Waals surface area (Å²) in [6, 6.07) is 20.4. The first-order valence-corrected chi connectivity index (χ1v) is 8.95. The molecular weight excluding hydrogens is 391 g/mol. The van der Waals surface area contributed by atoms with E-state index in [2.05, 4.69) is 10.5 Å². The number of benzene rings is 3. The van der Waals surface area contributed by atoms with Crippen molar-refractivity contribution in [2.75, 3.05) is 5.43 Å². The van der Waals surface area contributed by atoms with Gasteiger partial charge in [0.2, 0.25) is 0 Å². The molecule has 3 aromatic rings. The van der Waals surface area contributed by atoms with Crippen LogP contribution in [0.15, 0.2) is 71.8 Å². The molecule has 3 nitrogen and oxygen atoms in total. The largest absolute Gasteiger partial charge is 0.489 e. The van der Waals surface area contributed by atoms with E-state index in [1.165, 1.54) is 0 Å². The van der Waals surface area contributed by atoms with Gasteiger partial charge in [0.25, 0.3) is 0 Å². The predicted octanol–water partition coefficient (Wildman–Crippen LogP) is 6.67. The quantitative estimate of drug-likeness (QED) is 0.367. The summed E-state index contributed by atoms with van der Waals surface area (Å²) in [5, 5.41) is 5.91. The molecule has 26 heavy (non-hydrogen) atoms. The fourth-order valence-electron chi connectivity index (χ4n) is 2.22. The van der Waals surface area contributed by atoms with Crippen molar-refractivity contribution in [1.29, 1.82) is 0 Å². The molecule has 0 atom stereocenters. The summed E-state index contributed by atoms with van der Waals surface area (Å²) in [6.45, 7) is 0.401. The molecule has 0 saturated carbocycles. The van der Waals surface area contributed by atoms with Crippen LogP contribution in [-0.4, -0.2) is 6.21 Å². The Labute approximate surface area is 167 Å². The molecule has 0 unspecified atom stereocenters. The molecule has 1 N–H and O–H groups in total. The average molecular weight is 406 g/mol. The summed E-state index contributed by atoms with van der Waals surface area (Å²) >= 11 is 17.9. The number of nitrogens with one attached hydrogen (secondary N) is 1. The summed E-state index contributed by atoms with van der Waals surface area (Å²) in [6.07, 6.45) is 1.72. The van der Waals surface area contributed by atoms with Crippen LogP contribution in [0.2, 0.25) is 15.1 Å². The molecule has 0 bridgehead atoms. The Morgan fingerprint density at radius 2 is 1.73 bits per heavy atom. The number of rotatable bonds is 6. The number of nitrogens with zero attached hydrogens (tertiary/aromatic N) is 1. The third kappa shape index (κ3) is 5.40. The number of anilines is 1. The van der Waals surface area contributed by atoms with Gasteiger partial charge in [0.05, 0.1) is 21.9 Å². The van der Waals surface area contributed by atoms with Crippen molar-refractivity contribution in [3.05, 3.63) is 92.9 Å². The Kier molecular flexibility index (Phi) is 6.40. The highest BCUT2D eigenvalue weighted by Crippen LogP contribution is 2.23. The first kappa shape index (κ1) is 18.6. The van der Waals surface area contributed by atoms with E-state index in [0.717, 1.165) is 22.6 Å². The average Bonchev–Trinajstić information content (AvgIpc) is 2.63. The zero-order valence-corrected chi connectivity index (χ0v) is 15.9. The standard InChI is InChI=1S/C20H15Cl3N2O/c21-16-4-2-5-17(11-16)25-24-12-14-3-1-6-18(9-14)26-13-15-7-8-19(22)20(23)10-15/h1-12,25H,13H2. The van der Waals surface area contributed by atoms with Crippen molar-refractivity contribution >= 4 is 46.7 Å². The minimum Gasteiger partial charge on any atom is -0.489 e. The highest BCUT2D eigenvalue weighted by atomic mass is 35.5. The highest BCUT2D eigenvalue weighted by Gasteiger charge is 2.01. The summed E-state index contributed by atoms with van der Waals surface area (Å²) in [4.78, 5) is 0. The van der Waals surface area contributed by atoms with Crippen molar-refractivity contribution in [1.82, 2.24) is 0 Å². The second-order valence-corrected chi connectivity index (χ2v) is 6.74. The number of halogens is 3. The third-order valence-corrected chi connectivity index (χ3v) is 4.45. The Morgan fingerprint density at radius 1 is 0.885 bits per heavy atom. The van der Waals surface area contributed by atoms with Crippen LogP contribution in [0.3, 0.4) is 0 Å². The van der Waals surface area contributed by atoms with Gasteiger partial charge in [-0.2, -0.15) is 5.10 Å². The topological polar surface area (TPSA) is 33.6 Å². The van der Waals surface area contributed by atoms with Gasteiger partial charge < -0.3 is 4.74 Å². The van der Waals surface area contributed by atoms with Crippen LogP contribution < -0.4 is 10.2 Å². The van der Waals surface area contributed by atoms with Gasteiger partial charge in [0.1, 0.15) is 12.4 Å². The maximum Gasteiger partial charge on any atom is 0.120 e. The van der Waals surface area contributed by atoms with E-state index in [-0.39, 0.29) is 0 Å². The van der Waals surface area contributed by atoms with Gasteiger partial charge >= 0.3 is 0 Å². The maximum absolute atomic E-state index is 6.02. The predicted molar refractivity (Wildman–Crippen MR) is 110 cm³/mol. The number of hydrogen-bond acceptors (Lipinski definition) is 3. The first-order valence-electron chi connectivity index (χ1n) is 7.81. The summed E-state index contributed by atoms with van der Waals surface area (Å²) in [5.41, 5.74) is 5.61. The molecule has 0 spiro atoms. The van der Waals surface area contributed by atoms with Crippen LogP contribution in [-0.2, 0) is 6.61 Å². The van der Waals surface area contributed by atoms with Crippen molar-refractivity contribution in [3.8, 4) is 5.75 Å². The molecule has 0 fully saturated rings. The van der Waals surface area contributed by atoms with Gasteiger partial charge in [-0.3, -0.25) is 5.43 Å². The van der Waals surface area contributed by atoms with Crippen LogP contribution in [0.25, 0.3) is 0 Å². The number of hydrazone groups is 1. The van der Waals surface area contributed by atoms with Crippen molar-refractivity contribution in [2.45, 2.75) is 6.61 Å². The molecular formula is C20H15Cl3N2O. The molecule has 6 heteroatoms. The molecule has 0 aliphatic heterocycles. The van der Waals surface area contributed by atoms with E-state index in [1.807, 2.05) is 48.5 Å². The third-order valence-electron chi connectivity index (χ3n) is 3.48. The van der Waals surface area contributed by atoms with E-state index in [4.69, 9.17) is 39.5 Å². The Bertz CT molecular complexity index is 928. The molecule has 0 aliphatic carbocycles. The highest BCUT2D eigenvalue weighted by molar-refractivity contribution is 6.42. The van der Waals surface area contributed by atoms with Crippen molar-refractivity contribution in [2.24, 2.45) is 5.10 Å². The van der Waals surface area contributed by atoms with Gasteiger partial charge in [0, 0.05) is 5.02 Å². The molecule has 0 saturated heterocycles. The fourth-order valence-corrected chi connectivity index (χ4v) is 2.73. The zero-order chi connectivity index (χ0) is 18.4. The summed E-state index contributed by atoms with van der Waals surface area (Å²) in [7, 11) is 0. The normalized spacial score (nSPS) is 10.9. The molecule has 0 heterocycles. The molecule has 132 valence electrons. The smallest absolute Gasteiger partial charge is 0.120 e. The van der Waals surface area contributed by atoms with E-state index >= 15 is 0 Å². The summed E-state index contributed by atoms with van der Waals surface area (Å²) in [5.74, 6) is 0.739. The lowest BCUT2D eigenvalue weighted by Gasteiger charge is -2.08. The fraction of sp³-hybridized carbons (Fsp3) is 0.0500. The molecule has 3 aromatic carbocycles. The van der Waals surface area contributed by atoms with Gasteiger partial charge in [-0.1, -0.05) is 59.1 Å². The lowest BCUT2D eigenvalue weighted by molar-refractivity contribution is 0.306. The van der Waals surface area contributed by atoms with E-state index in [9.17, 15) is 0 Å². The maximum atomic E-state index is 6.02. The lowest BCUT2D eigenvalue weighted by atomic mass is 10.2. The second kappa shape index (κ2) is 8.95. The van der Waals surface area contributed by atoms with Crippen molar-refractivity contribution < 1.29 is 4.74 Å². The minimum absolute atomic E-state index is 0.401. The van der Waals surface area contributed by atoms with Crippen LogP contribution in [0, 0.1) is 0 Å². The second-order valence-electron chi connectivity index (χ2n) is 5.49. The zero-order valence-electron chi connectivity index (χ0n) is 13.6.